The van der Waals surface area contributed by atoms with Crippen LogP contribution in [0.25, 0.3) is 0 Å². The van der Waals surface area contributed by atoms with Gasteiger partial charge in [0.1, 0.15) is 11.4 Å². The summed E-state index contributed by atoms with van der Waals surface area (Å²) in [6.45, 7) is -0.387. The monoisotopic (exact) mass is 417 g/mol. The first-order valence-corrected chi connectivity index (χ1v) is 9.94. The van der Waals surface area contributed by atoms with Gasteiger partial charge in [0.25, 0.3) is 5.91 Å². The minimum atomic E-state index is -0.548. The number of amides is 1. The average Bonchev–Trinajstić information content (AvgIpc) is 3.45. The third kappa shape index (κ3) is 4.35. The van der Waals surface area contributed by atoms with Crippen LogP contribution in [-0.2, 0) is 16.6 Å². The van der Waals surface area contributed by atoms with Crippen LogP contribution in [0.5, 0.6) is 5.75 Å². The number of aryl methyl sites for hydroxylation is 1. The lowest BCUT2D eigenvalue weighted by Crippen LogP contribution is -2.31. The van der Waals surface area contributed by atoms with Gasteiger partial charge in [-0.2, -0.15) is 5.10 Å². The van der Waals surface area contributed by atoms with E-state index in [2.05, 4.69) is 5.10 Å². The van der Waals surface area contributed by atoms with Gasteiger partial charge in [-0.15, -0.1) is 0 Å². The van der Waals surface area contributed by atoms with Gasteiger partial charge in [-0.25, -0.2) is 9.80 Å². The fourth-order valence-corrected chi connectivity index (χ4v) is 3.57. The minimum Gasteiger partial charge on any atom is -0.497 e. The molecule has 2 aromatic carbocycles. The van der Waals surface area contributed by atoms with Crippen LogP contribution >= 0.6 is 0 Å². The van der Waals surface area contributed by atoms with Crippen LogP contribution in [0.15, 0.2) is 78.0 Å². The van der Waals surface area contributed by atoms with Crippen molar-refractivity contribution in [1.82, 2.24) is 9.58 Å². The Labute approximate surface area is 180 Å². The molecular formula is C24H23N3O4. The summed E-state index contributed by atoms with van der Waals surface area (Å²) < 4.78 is 12.1. The zero-order valence-corrected chi connectivity index (χ0v) is 17.4. The molecule has 2 heterocycles. The Balaban J connectivity index is 1.55. The summed E-state index contributed by atoms with van der Waals surface area (Å²) in [7, 11) is 3.35. The average molecular weight is 417 g/mol. The fourth-order valence-electron chi connectivity index (χ4n) is 3.57. The number of hydrazone groups is 1. The maximum Gasteiger partial charge on any atom is 0.355 e. The maximum absolute atomic E-state index is 13.0. The van der Waals surface area contributed by atoms with Crippen LogP contribution in [-0.4, -0.2) is 40.9 Å². The Morgan fingerprint density at radius 1 is 1.03 bits per heavy atom. The lowest BCUT2D eigenvalue weighted by Gasteiger charge is -2.22. The number of esters is 1. The van der Waals surface area contributed by atoms with Crippen LogP contribution in [0.3, 0.4) is 0 Å². The highest BCUT2D eigenvalue weighted by molar-refractivity contribution is 6.03. The van der Waals surface area contributed by atoms with Gasteiger partial charge in [-0.05, 0) is 35.4 Å². The van der Waals surface area contributed by atoms with Gasteiger partial charge in [0.2, 0.25) is 0 Å². The number of carbonyl (C=O) groups is 2. The van der Waals surface area contributed by atoms with Crippen LogP contribution in [0, 0.1) is 0 Å². The van der Waals surface area contributed by atoms with Crippen molar-refractivity contribution in [3.05, 3.63) is 89.7 Å². The zero-order chi connectivity index (χ0) is 21.8. The second-order valence-corrected chi connectivity index (χ2v) is 7.22. The fraction of sp³-hybridized carbons (Fsp3) is 0.208. The molecule has 1 aliphatic heterocycles. The highest BCUT2D eigenvalue weighted by Crippen LogP contribution is 2.33. The number of aromatic nitrogens is 1. The molecule has 3 aromatic rings. The Morgan fingerprint density at radius 2 is 1.77 bits per heavy atom. The highest BCUT2D eigenvalue weighted by atomic mass is 16.5. The van der Waals surface area contributed by atoms with Crippen molar-refractivity contribution in [3.8, 4) is 5.75 Å². The lowest BCUT2D eigenvalue weighted by molar-refractivity contribution is -0.136. The smallest absolute Gasteiger partial charge is 0.355 e. The number of hydrogen-bond donors (Lipinski definition) is 0. The van der Waals surface area contributed by atoms with Crippen molar-refractivity contribution >= 4 is 17.6 Å². The number of benzene rings is 2. The first-order chi connectivity index (χ1) is 15.1. The van der Waals surface area contributed by atoms with Gasteiger partial charge in [0.05, 0.1) is 18.9 Å². The van der Waals surface area contributed by atoms with E-state index in [1.807, 2.05) is 54.6 Å². The summed E-state index contributed by atoms with van der Waals surface area (Å²) in [6.07, 6.45) is 2.31. The number of hydrogen-bond acceptors (Lipinski definition) is 5. The van der Waals surface area contributed by atoms with Crippen LogP contribution < -0.4 is 4.74 Å². The van der Waals surface area contributed by atoms with E-state index in [4.69, 9.17) is 9.47 Å². The molecule has 4 rings (SSSR count). The number of methoxy groups -OCH3 is 1. The number of carbonyl (C=O) groups excluding carboxylic acids is 2. The molecule has 0 radical (unpaired) electrons. The largest absolute Gasteiger partial charge is 0.497 e. The Kier molecular flexibility index (Phi) is 5.84. The quantitative estimate of drug-likeness (QED) is 0.575. The van der Waals surface area contributed by atoms with Gasteiger partial charge >= 0.3 is 5.97 Å². The molecule has 0 fully saturated rings. The second kappa shape index (κ2) is 8.87. The molecule has 1 aromatic heterocycles. The third-order valence-electron chi connectivity index (χ3n) is 5.25. The number of rotatable bonds is 6. The SMILES string of the molecule is COc1ccc(C2CC(c3ccccc3)=NN2C(=O)COC(=O)c2cccn2C)cc1. The maximum atomic E-state index is 13.0. The Bertz CT molecular complexity index is 1100. The molecule has 0 bridgehead atoms. The van der Waals surface area contributed by atoms with E-state index in [1.54, 1.807) is 37.1 Å². The van der Waals surface area contributed by atoms with E-state index in [1.165, 1.54) is 5.01 Å². The van der Waals surface area contributed by atoms with E-state index < -0.39 is 5.97 Å². The Hall–Kier alpha value is -3.87. The molecule has 0 saturated carbocycles. The van der Waals surface area contributed by atoms with E-state index in [0.717, 1.165) is 22.6 Å². The first-order valence-electron chi connectivity index (χ1n) is 9.94. The molecule has 7 heteroatoms. The van der Waals surface area contributed by atoms with Gasteiger partial charge in [0.15, 0.2) is 6.61 Å². The molecule has 7 nitrogen and oxygen atoms in total. The molecule has 158 valence electrons. The summed E-state index contributed by atoms with van der Waals surface area (Å²) in [5.41, 5.74) is 3.08. The van der Waals surface area contributed by atoms with E-state index in [9.17, 15) is 9.59 Å². The molecule has 0 spiro atoms. The molecule has 0 saturated heterocycles. The van der Waals surface area contributed by atoms with Crippen molar-refractivity contribution in [2.45, 2.75) is 12.5 Å². The van der Waals surface area contributed by atoms with E-state index in [0.29, 0.717) is 12.1 Å². The summed E-state index contributed by atoms with van der Waals surface area (Å²) >= 11 is 0. The molecule has 0 aliphatic carbocycles. The van der Waals surface area contributed by atoms with Crippen molar-refractivity contribution in [2.75, 3.05) is 13.7 Å². The topological polar surface area (TPSA) is 73.1 Å². The molecular weight excluding hydrogens is 394 g/mol. The normalized spacial score (nSPS) is 15.5. The van der Waals surface area contributed by atoms with Crippen LogP contribution in [0.4, 0.5) is 0 Å². The predicted octanol–water partition coefficient (Wildman–Crippen LogP) is 3.57. The summed E-state index contributed by atoms with van der Waals surface area (Å²) in [5.74, 6) is -0.192. The van der Waals surface area contributed by atoms with Gasteiger partial charge in [-0.1, -0.05) is 42.5 Å². The van der Waals surface area contributed by atoms with Gasteiger partial charge in [0, 0.05) is 19.7 Å². The summed E-state index contributed by atoms with van der Waals surface area (Å²) in [5, 5.41) is 6.01. The van der Waals surface area contributed by atoms with E-state index in [-0.39, 0.29) is 18.6 Å². The van der Waals surface area contributed by atoms with Crippen molar-refractivity contribution in [2.24, 2.45) is 12.1 Å². The molecule has 1 unspecified atom stereocenters. The third-order valence-corrected chi connectivity index (χ3v) is 5.25. The molecule has 31 heavy (non-hydrogen) atoms. The molecule has 1 amide bonds. The Morgan fingerprint density at radius 3 is 2.42 bits per heavy atom. The van der Waals surface area contributed by atoms with Crippen molar-refractivity contribution in [3.63, 3.8) is 0 Å². The number of nitrogens with zero attached hydrogens (tertiary/aromatic N) is 3. The number of ether oxygens (including phenoxy) is 2. The predicted molar refractivity (Wildman–Crippen MR) is 116 cm³/mol. The van der Waals surface area contributed by atoms with E-state index >= 15 is 0 Å². The van der Waals surface area contributed by atoms with Crippen LogP contribution in [0.1, 0.15) is 34.1 Å². The minimum absolute atomic E-state index is 0.289. The van der Waals surface area contributed by atoms with Gasteiger partial charge in [-0.3, -0.25) is 4.79 Å². The molecule has 1 aliphatic rings. The molecule has 0 N–H and O–H groups in total. The lowest BCUT2D eigenvalue weighted by atomic mass is 9.98. The van der Waals surface area contributed by atoms with Crippen molar-refractivity contribution in [1.29, 1.82) is 0 Å². The van der Waals surface area contributed by atoms with Gasteiger partial charge < -0.3 is 14.0 Å². The standard InChI is InChI=1S/C24H23N3O4/c1-26-14-6-9-21(26)24(29)31-16-23(28)27-22(18-10-12-19(30-2)13-11-18)15-20(25-27)17-7-4-3-5-8-17/h3-14,22H,15-16H2,1-2H3. The second-order valence-electron chi connectivity index (χ2n) is 7.22. The summed E-state index contributed by atoms with van der Waals surface area (Å²) in [6, 6.07) is 20.4. The highest BCUT2D eigenvalue weighted by Gasteiger charge is 2.33. The van der Waals surface area contributed by atoms with Crippen molar-refractivity contribution < 1.29 is 19.1 Å². The van der Waals surface area contributed by atoms with Crippen LogP contribution in [0.2, 0.25) is 0 Å². The zero-order valence-electron chi connectivity index (χ0n) is 17.4. The first kappa shape index (κ1) is 20.4. The molecule has 1 atom stereocenters. The summed E-state index contributed by atoms with van der Waals surface area (Å²) in [4.78, 5) is 25.3.